The van der Waals surface area contributed by atoms with E-state index in [2.05, 4.69) is 10.9 Å². The van der Waals surface area contributed by atoms with Crippen molar-refractivity contribution in [1.82, 2.24) is 4.98 Å². The number of carbonyl (C=O) groups excluding carboxylic acids is 1. The number of nitrogens with zero attached hydrogens (tertiary/aromatic N) is 2. The zero-order valence-corrected chi connectivity index (χ0v) is 13.4. The topological polar surface area (TPSA) is 51.7 Å². The van der Waals surface area contributed by atoms with Gasteiger partial charge in [-0.1, -0.05) is 12.0 Å². The van der Waals surface area contributed by atoms with Crippen LogP contribution in [0.4, 0.5) is 5.69 Å². The number of hydrogen-bond donors (Lipinski definition) is 0. The molecule has 5 heteroatoms. The molecule has 0 spiro atoms. The fourth-order valence-electron chi connectivity index (χ4n) is 2.50. The molecule has 0 radical (unpaired) electrons. The number of anilines is 1. The molecule has 1 aliphatic rings. The Morgan fingerprint density at radius 2 is 2.29 bits per heavy atom. The van der Waals surface area contributed by atoms with Crippen molar-refractivity contribution in [2.24, 2.45) is 0 Å². The lowest BCUT2D eigenvalue weighted by Crippen LogP contribution is -2.26. The van der Waals surface area contributed by atoms with E-state index in [0.29, 0.717) is 24.7 Å². The number of carbonyl (C=O) groups is 1. The second kappa shape index (κ2) is 7.16. The summed E-state index contributed by atoms with van der Waals surface area (Å²) in [6.07, 6.45) is 7.81. The molecule has 2 aromatic rings. The third kappa shape index (κ3) is 3.55. The lowest BCUT2D eigenvalue weighted by Gasteiger charge is -2.18. The second-order valence-electron chi connectivity index (χ2n) is 5.55. The minimum absolute atomic E-state index is 0.00658. The summed E-state index contributed by atoms with van der Waals surface area (Å²) in [6, 6.07) is 10.6. The SMILES string of the molecule is C#Cc1cccc(N(C)C(=O)c2ccnc(OC3CCOC3)c2)c1. The zero-order chi connectivity index (χ0) is 16.9. The first-order chi connectivity index (χ1) is 11.7. The highest BCUT2D eigenvalue weighted by molar-refractivity contribution is 6.05. The molecule has 1 aliphatic heterocycles. The Morgan fingerprint density at radius 3 is 3.04 bits per heavy atom. The molecule has 1 aromatic carbocycles. The molecule has 1 atom stereocenters. The summed E-state index contributed by atoms with van der Waals surface area (Å²) in [6.45, 7) is 1.25. The van der Waals surface area contributed by atoms with E-state index in [1.54, 1.807) is 36.3 Å². The van der Waals surface area contributed by atoms with Gasteiger partial charge in [-0.25, -0.2) is 4.98 Å². The van der Waals surface area contributed by atoms with Crippen LogP contribution in [0.1, 0.15) is 22.3 Å². The van der Waals surface area contributed by atoms with E-state index in [9.17, 15) is 4.79 Å². The summed E-state index contributed by atoms with van der Waals surface area (Å²) < 4.78 is 11.0. The van der Waals surface area contributed by atoms with Crippen molar-refractivity contribution in [2.75, 3.05) is 25.2 Å². The third-order valence-corrected chi connectivity index (χ3v) is 3.86. The van der Waals surface area contributed by atoms with Gasteiger partial charge in [-0.2, -0.15) is 0 Å². The first-order valence-corrected chi connectivity index (χ1v) is 7.72. The summed E-state index contributed by atoms with van der Waals surface area (Å²) in [4.78, 5) is 18.4. The predicted molar refractivity (Wildman–Crippen MR) is 91.2 cm³/mol. The molecule has 1 fully saturated rings. The molecule has 0 aliphatic carbocycles. The lowest BCUT2D eigenvalue weighted by atomic mass is 10.1. The number of amides is 1. The van der Waals surface area contributed by atoms with Gasteiger partial charge in [0, 0.05) is 42.5 Å². The summed E-state index contributed by atoms with van der Waals surface area (Å²) in [7, 11) is 1.71. The molecular weight excluding hydrogens is 304 g/mol. The highest BCUT2D eigenvalue weighted by Crippen LogP contribution is 2.20. The highest BCUT2D eigenvalue weighted by Gasteiger charge is 2.19. The van der Waals surface area contributed by atoms with Crippen LogP contribution in [0, 0.1) is 12.3 Å². The van der Waals surface area contributed by atoms with Crippen molar-refractivity contribution in [3.8, 4) is 18.2 Å². The van der Waals surface area contributed by atoms with Crippen LogP contribution in [-0.4, -0.2) is 37.3 Å². The number of hydrogen-bond acceptors (Lipinski definition) is 4. The lowest BCUT2D eigenvalue weighted by molar-refractivity contribution is 0.0991. The maximum Gasteiger partial charge on any atom is 0.258 e. The van der Waals surface area contributed by atoms with Gasteiger partial charge in [0.1, 0.15) is 6.10 Å². The van der Waals surface area contributed by atoms with E-state index in [0.717, 1.165) is 17.7 Å². The molecule has 3 rings (SSSR count). The van der Waals surface area contributed by atoms with Crippen LogP contribution >= 0.6 is 0 Å². The fraction of sp³-hybridized carbons (Fsp3) is 0.263. The molecule has 24 heavy (non-hydrogen) atoms. The average molecular weight is 322 g/mol. The Morgan fingerprint density at radius 1 is 1.42 bits per heavy atom. The maximum atomic E-state index is 12.7. The smallest absolute Gasteiger partial charge is 0.258 e. The summed E-state index contributed by atoms with van der Waals surface area (Å²) >= 11 is 0. The van der Waals surface area contributed by atoms with Crippen molar-refractivity contribution in [3.05, 3.63) is 53.7 Å². The van der Waals surface area contributed by atoms with Crippen molar-refractivity contribution in [1.29, 1.82) is 0 Å². The molecule has 1 unspecified atom stereocenters. The molecule has 5 nitrogen and oxygen atoms in total. The fourth-order valence-corrected chi connectivity index (χ4v) is 2.50. The summed E-state index contributed by atoms with van der Waals surface area (Å²) in [5, 5.41) is 0. The Balaban J connectivity index is 1.77. The van der Waals surface area contributed by atoms with Gasteiger partial charge in [-0.15, -0.1) is 6.42 Å². The van der Waals surface area contributed by atoms with Crippen LogP contribution < -0.4 is 9.64 Å². The third-order valence-electron chi connectivity index (χ3n) is 3.86. The second-order valence-corrected chi connectivity index (χ2v) is 5.55. The molecule has 1 aromatic heterocycles. The van der Waals surface area contributed by atoms with E-state index in [1.165, 1.54) is 0 Å². The average Bonchev–Trinajstić information content (AvgIpc) is 3.13. The van der Waals surface area contributed by atoms with Crippen molar-refractivity contribution in [2.45, 2.75) is 12.5 Å². The molecule has 122 valence electrons. The summed E-state index contributed by atoms with van der Waals surface area (Å²) in [5.41, 5.74) is 1.97. The van der Waals surface area contributed by atoms with Gasteiger partial charge in [-0.3, -0.25) is 4.79 Å². The van der Waals surface area contributed by atoms with Gasteiger partial charge < -0.3 is 14.4 Å². The Bertz CT molecular complexity index is 776. The van der Waals surface area contributed by atoms with Crippen molar-refractivity contribution >= 4 is 11.6 Å². The molecule has 0 saturated carbocycles. The van der Waals surface area contributed by atoms with Gasteiger partial charge in [0.25, 0.3) is 5.91 Å². The summed E-state index contributed by atoms with van der Waals surface area (Å²) in [5.74, 6) is 2.85. The quantitative estimate of drug-likeness (QED) is 0.812. The van der Waals surface area contributed by atoms with Crippen LogP contribution in [-0.2, 0) is 4.74 Å². The van der Waals surface area contributed by atoms with E-state index in [1.807, 2.05) is 18.2 Å². The monoisotopic (exact) mass is 322 g/mol. The van der Waals surface area contributed by atoms with Crippen LogP contribution in [0.2, 0.25) is 0 Å². The van der Waals surface area contributed by atoms with Crippen molar-refractivity contribution < 1.29 is 14.3 Å². The van der Waals surface area contributed by atoms with Gasteiger partial charge >= 0.3 is 0 Å². The normalized spacial score (nSPS) is 16.4. The van der Waals surface area contributed by atoms with E-state index >= 15 is 0 Å². The number of aromatic nitrogens is 1. The maximum absolute atomic E-state index is 12.7. The molecule has 0 bridgehead atoms. The standard InChI is InChI=1S/C19H18N2O3/c1-3-14-5-4-6-16(11-14)21(2)19(22)15-7-9-20-18(12-15)24-17-8-10-23-13-17/h1,4-7,9,11-12,17H,8,10,13H2,2H3. The van der Waals surface area contributed by atoms with Crippen LogP contribution in [0.3, 0.4) is 0 Å². The van der Waals surface area contributed by atoms with Crippen LogP contribution in [0.15, 0.2) is 42.6 Å². The Labute approximate surface area is 141 Å². The first kappa shape index (κ1) is 16.0. The van der Waals surface area contributed by atoms with E-state index in [-0.39, 0.29) is 12.0 Å². The first-order valence-electron chi connectivity index (χ1n) is 7.72. The molecule has 1 amide bonds. The zero-order valence-electron chi connectivity index (χ0n) is 13.4. The number of terminal acetylenes is 1. The van der Waals surface area contributed by atoms with Gasteiger partial charge in [0.05, 0.1) is 13.2 Å². The number of ether oxygens (including phenoxy) is 2. The van der Waals surface area contributed by atoms with Gasteiger partial charge in [-0.05, 0) is 24.3 Å². The molecule has 1 saturated heterocycles. The number of pyridine rings is 1. The number of benzene rings is 1. The minimum Gasteiger partial charge on any atom is -0.472 e. The van der Waals surface area contributed by atoms with E-state index < -0.39 is 0 Å². The minimum atomic E-state index is -0.154. The van der Waals surface area contributed by atoms with E-state index in [4.69, 9.17) is 15.9 Å². The predicted octanol–water partition coefficient (Wildman–Crippen LogP) is 2.51. The van der Waals surface area contributed by atoms with Gasteiger partial charge in [0.2, 0.25) is 5.88 Å². The molecule has 0 N–H and O–H groups in total. The van der Waals surface area contributed by atoms with Crippen LogP contribution in [0.25, 0.3) is 0 Å². The number of rotatable bonds is 4. The Kier molecular flexibility index (Phi) is 4.78. The Hall–Kier alpha value is -2.84. The molecular formula is C19H18N2O3. The largest absolute Gasteiger partial charge is 0.472 e. The highest BCUT2D eigenvalue weighted by atomic mass is 16.5. The van der Waals surface area contributed by atoms with Crippen LogP contribution in [0.5, 0.6) is 5.88 Å². The van der Waals surface area contributed by atoms with Crippen molar-refractivity contribution in [3.63, 3.8) is 0 Å². The molecule has 2 heterocycles. The van der Waals surface area contributed by atoms with Gasteiger partial charge in [0.15, 0.2) is 0 Å².